The number of hydrogen-bond donors (Lipinski definition) is 0. The number of esters is 1. The molecule has 0 saturated heterocycles. The van der Waals surface area contributed by atoms with Gasteiger partial charge in [-0.2, -0.15) is 0 Å². The van der Waals surface area contributed by atoms with Crippen LogP contribution >= 0.6 is 0 Å². The molecule has 0 bridgehead atoms. The first-order valence-electron chi connectivity index (χ1n) is 10.1. The van der Waals surface area contributed by atoms with E-state index in [-0.39, 0.29) is 12.4 Å². The summed E-state index contributed by atoms with van der Waals surface area (Å²) in [6.07, 6.45) is 5.58. The molecule has 0 fully saturated rings. The van der Waals surface area contributed by atoms with Crippen LogP contribution in [-0.2, 0) is 16.0 Å². The molecule has 0 amide bonds. The van der Waals surface area contributed by atoms with E-state index in [1.165, 1.54) is 17.2 Å². The molecule has 0 radical (unpaired) electrons. The fourth-order valence-corrected chi connectivity index (χ4v) is 3.99. The number of nitrogens with zero attached hydrogens (tertiary/aromatic N) is 1. The highest BCUT2D eigenvalue weighted by Crippen LogP contribution is 2.36. The molecule has 0 spiro atoms. The number of pyridine rings is 1. The third kappa shape index (κ3) is 3.76. The molecule has 0 unspecified atom stereocenters. The Morgan fingerprint density at radius 2 is 1.74 bits per heavy atom. The van der Waals surface area contributed by atoms with Gasteiger partial charge >= 0.3 is 5.97 Å². The number of ketones is 1. The fraction of sp³-hybridized carbons (Fsp3) is 0.0741. The Kier molecular flexibility index (Phi) is 4.89. The number of aromatic nitrogens is 1. The maximum atomic E-state index is 12.6. The summed E-state index contributed by atoms with van der Waals surface area (Å²) < 4.78 is 5.19. The van der Waals surface area contributed by atoms with Crippen molar-refractivity contribution in [2.24, 2.45) is 0 Å². The van der Waals surface area contributed by atoms with Gasteiger partial charge in [0.1, 0.15) is 0 Å². The van der Waals surface area contributed by atoms with Crippen molar-refractivity contribution in [2.75, 3.05) is 6.61 Å². The Morgan fingerprint density at radius 3 is 2.68 bits per heavy atom. The lowest BCUT2D eigenvalue weighted by Gasteiger charge is -2.06. The molecule has 4 nitrogen and oxygen atoms in total. The lowest BCUT2D eigenvalue weighted by molar-refractivity contribution is -0.136. The lowest BCUT2D eigenvalue weighted by atomic mass is 10.0. The molecule has 1 aliphatic rings. The van der Waals surface area contributed by atoms with Gasteiger partial charge in [-0.3, -0.25) is 9.78 Å². The number of hydrogen-bond acceptors (Lipinski definition) is 4. The maximum Gasteiger partial charge on any atom is 0.331 e. The molecule has 150 valence electrons. The number of fused-ring (bicyclic) bond motifs is 4. The van der Waals surface area contributed by atoms with E-state index < -0.39 is 5.97 Å². The summed E-state index contributed by atoms with van der Waals surface area (Å²) in [5.74, 6) is -0.784. The fourth-order valence-electron chi connectivity index (χ4n) is 3.99. The van der Waals surface area contributed by atoms with Crippen LogP contribution in [0, 0.1) is 0 Å². The van der Waals surface area contributed by atoms with Gasteiger partial charge in [0.15, 0.2) is 12.4 Å². The predicted octanol–water partition coefficient (Wildman–Crippen LogP) is 5.25. The van der Waals surface area contributed by atoms with Gasteiger partial charge in [-0.1, -0.05) is 60.7 Å². The highest BCUT2D eigenvalue weighted by Gasteiger charge is 2.19. The molecule has 5 rings (SSSR count). The number of benzene rings is 3. The molecule has 4 aromatic rings. The van der Waals surface area contributed by atoms with Crippen LogP contribution < -0.4 is 0 Å². The van der Waals surface area contributed by atoms with E-state index in [0.29, 0.717) is 5.56 Å². The number of rotatable bonds is 5. The number of carbonyl (C=O) groups excluding carboxylic acids is 2. The van der Waals surface area contributed by atoms with Crippen molar-refractivity contribution >= 4 is 28.7 Å². The van der Waals surface area contributed by atoms with E-state index in [4.69, 9.17) is 4.74 Å². The lowest BCUT2D eigenvalue weighted by Crippen LogP contribution is -2.12. The van der Waals surface area contributed by atoms with Crippen LogP contribution in [0.2, 0.25) is 0 Å². The van der Waals surface area contributed by atoms with Gasteiger partial charge in [0.05, 0.1) is 5.52 Å². The first kappa shape index (κ1) is 18.9. The zero-order chi connectivity index (χ0) is 21.2. The van der Waals surface area contributed by atoms with Crippen LogP contribution in [0.1, 0.15) is 27.0 Å². The highest BCUT2D eigenvalue weighted by molar-refractivity contribution is 6.00. The van der Waals surface area contributed by atoms with Crippen molar-refractivity contribution in [3.63, 3.8) is 0 Å². The maximum absolute atomic E-state index is 12.6. The minimum Gasteiger partial charge on any atom is -0.454 e. The standard InChI is InChI=1S/C27H19NO3/c29-25(22-11-10-21-15-20-5-1-2-9-23(20)24(21)16-22)17-31-26(30)13-12-19-7-3-6-18-8-4-14-28-27(18)19/h1-14,16H,15,17H2/b13-12+. The highest BCUT2D eigenvalue weighted by atomic mass is 16.5. The molecule has 4 heteroatoms. The Morgan fingerprint density at radius 1 is 0.903 bits per heavy atom. The summed E-state index contributed by atoms with van der Waals surface area (Å²) in [5.41, 5.74) is 6.89. The molecule has 3 aromatic carbocycles. The van der Waals surface area contributed by atoms with Crippen molar-refractivity contribution in [2.45, 2.75) is 6.42 Å². The van der Waals surface area contributed by atoms with E-state index in [1.54, 1.807) is 18.3 Å². The average Bonchev–Trinajstić information content (AvgIpc) is 3.19. The number of Topliss-reactive ketones (excluding diaryl/α,β-unsaturated/α-hetero) is 1. The van der Waals surface area contributed by atoms with Crippen LogP contribution in [0.3, 0.4) is 0 Å². The summed E-state index contributed by atoms with van der Waals surface area (Å²) >= 11 is 0. The third-order valence-corrected chi connectivity index (χ3v) is 5.53. The normalized spacial score (nSPS) is 12.0. The smallest absolute Gasteiger partial charge is 0.331 e. The van der Waals surface area contributed by atoms with Crippen molar-refractivity contribution in [3.05, 3.63) is 107 Å². The molecular formula is C27H19NO3. The summed E-state index contributed by atoms with van der Waals surface area (Å²) in [6, 6.07) is 23.5. The molecule has 1 aromatic heterocycles. The molecule has 0 atom stereocenters. The van der Waals surface area contributed by atoms with Crippen LogP contribution in [0.25, 0.3) is 28.1 Å². The van der Waals surface area contributed by atoms with Crippen molar-refractivity contribution in [1.82, 2.24) is 4.98 Å². The molecule has 1 aliphatic carbocycles. The Bertz CT molecular complexity index is 1350. The SMILES string of the molecule is O=C(/C=C/c1cccc2cccnc12)OCC(=O)c1ccc2c(c1)-c1ccccc1C2. The van der Waals surface area contributed by atoms with E-state index >= 15 is 0 Å². The van der Waals surface area contributed by atoms with Gasteiger partial charge in [0.2, 0.25) is 0 Å². The zero-order valence-corrected chi connectivity index (χ0v) is 16.7. The van der Waals surface area contributed by atoms with Gasteiger partial charge in [-0.25, -0.2) is 4.79 Å². The Labute approximate surface area is 179 Å². The topological polar surface area (TPSA) is 56.3 Å². The van der Waals surface area contributed by atoms with E-state index in [1.807, 2.05) is 54.6 Å². The van der Waals surface area contributed by atoms with Crippen molar-refractivity contribution in [3.8, 4) is 11.1 Å². The molecular weight excluding hydrogens is 386 g/mol. The number of carbonyl (C=O) groups is 2. The van der Waals surface area contributed by atoms with Gasteiger partial charge in [-0.15, -0.1) is 0 Å². The summed E-state index contributed by atoms with van der Waals surface area (Å²) in [6.45, 7) is -0.294. The molecule has 31 heavy (non-hydrogen) atoms. The number of ether oxygens (including phenoxy) is 1. The largest absolute Gasteiger partial charge is 0.454 e. The quantitative estimate of drug-likeness (QED) is 0.228. The van der Waals surface area contributed by atoms with Gasteiger partial charge in [0, 0.05) is 28.8 Å². The van der Waals surface area contributed by atoms with E-state index in [9.17, 15) is 9.59 Å². The third-order valence-electron chi connectivity index (χ3n) is 5.53. The molecule has 0 saturated carbocycles. The minimum absolute atomic E-state index is 0.222. The first-order chi connectivity index (χ1) is 15.2. The van der Waals surface area contributed by atoms with Gasteiger partial charge in [-0.05, 0) is 46.9 Å². The van der Waals surface area contributed by atoms with E-state index in [2.05, 4.69) is 17.1 Å². The summed E-state index contributed by atoms with van der Waals surface area (Å²) in [7, 11) is 0. The minimum atomic E-state index is -0.562. The molecule has 0 N–H and O–H groups in total. The van der Waals surface area contributed by atoms with Crippen molar-refractivity contribution < 1.29 is 14.3 Å². The summed E-state index contributed by atoms with van der Waals surface area (Å²) in [5, 5.41) is 0.992. The van der Waals surface area contributed by atoms with Gasteiger partial charge < -0.3 is 4.74 Å². The van der Waals surface area contributed by atoms with Crippen LogP contribution in [-0.4, -0.2) is 23.3 Å². The second-order valence-electron chi connectivity index (χ2n) is 7.49. The monoisotopic (exact) mass is 405 g/mol. The molecule has 1 heterocycles. The Balaban J connectivity index is 1.26. The second-order valence-corrected chi connectivity index (χ2v) is 7.49. The van der Waals surface area contributed by atoms with E-state index in [0.717, 1.165) is 34.0 Å². The van der Waals surface area contributed by atoms with Gasteiger partial charge in [0.25, 0.3) is 0 Å². The second kappa shape index (κ2) is 8.00. The summed E-state index contributed by atoms with van der Waals surface area (Å²) in [4.78, 5) is 29.1. The average molecular weight is 405 g/mol. The molecule has 0 aliphatic heterocycles. The zero-order valence-electron chi connectivity index (χ0n) is 16.7. The predicted molar refractivity (Wildman–Crippen MR) is 121 cm³/mol. The first-order valence-corrected chi connectivity index (χ1v) is 10.1. The van der Waals surface area contributed by atoms with Crippen molar-refractivity contribution in [1.29, 1.82) is 0 Å². The number of para-hydroxylation sites is 1. The van der Waals surface area contributed by atoms with Crippen LogP contribution in [0.15, 0.2) is 85.1 Å². The van der Waals surface area contributed by atoms with Crippen LogP contribution in [0.4, 0.5) is 0 Å². The van der Waals surface area contributed by atoms with Crippen LogP contribution in [0.5, 0.6) is 0 Å². The Hall–Kier alpha value is -4.05.